The molecule has 2 aromatic heterocycles. The number of rotatable bonds is 9. The summed E-state index contributed by atoms with van der Waals surface area (Å²) in [4.78, 5) is 15.3. The zero-order valence-corrected chi connectivity index (χ0v) is 33.5. The SMILES string of the molecule is N#Cc1cccc(-c2ccccc2-c2nc(-c3ccccc3)nc(-c3cccc(-c4ccccc4-c4ccccc4-c4cccc(-c5nnc(-c6ccccc6)s5)c4)c3)n2)c1. The second-order valence-corrected chi connectivity index (χ2v) is 15.4. The van der Waals surface area contributed by atoms with E-state index in [0.29, 0.717) is 23.0 Å². The van der Waals surface area contributed by atoms with Crippen LogP contribution in [0.25, 0.3) is 99.8 Å². The average molecular weight is 799 g/mol. The zero-order valence-electron chi connectivity index (χ0n) is 32.7. The van der Waals surface area contributed by atoms with Crippen molar-refractivity contribution in [3.8, 4) is 106 Å². The van der Waals surface area contributed by atoms with Crippen molar-refractivity contribution in [2.24, 2.45) is 0 Å². The third kappa shape index (κ3) is 7.63. The molecule has 8 aromatic carbocycles. The van der Waals surface area contributed by atoms with E-state index in [4.69, 9.17) is 15.0 Å². The predicted molar refractivity (Wildman–Crippen MR) is 247 cm³/mol. The van der Waals surface area contributed by atoms with Crippen molar-refractivity contribution in [2.45, 2.75) is 0 Å². The Labute approximate surface area is 357 Å². The van der Waals surface area contributed by atoms with Gasteiger partial charge in [-0.3, -0.25) is 0 Å². The first-order valence-electron chi connectivity index (χ1n) is 19.9. The predicted octanol–water partition coefficient (Wildman–Crippen LogP) is 13.6. The van der Waals surface area contributed by atoms with E-state index >= 15 is 0 Å². The van der Waals surface area contributed by atoms with Crippen LogP contribution < -0.4 is 0 Å². The molecule has 10 aromatic rings. The highest BCUT2D eigenvalue weighted by molar-refractivity contribution is 7.17. The molecule has 0 aliphatic carbocycles. The molecule has 0 saturated carbocycles. The van der Waals surface area contributed by atoms with Crippen LogP contribution in [0, 0.1) is 11.3 Å². The summed E-state index contributed by atoms with van der Waals surface area (Å²) in [7, 11) is 0. The summed E-state index contributed by atoms with van der Waals surface area (Å²) in [5.41, 5.74) is 13.7. The number of nitriles is 1. The van der Waals surface area contributed by atoms with Gasteiger partial charge in [0, 0.05) is 27.8 Å². The lowest BCUT2D eigenvalue weighted by molar-refractivity contribution is 1.07. The topological polar surface area (TPSA) is 88.2 Å². The highest BCUT2D eigenvalue weighted by atomic mass is 32.1. The molecular formula is C54H34N6S. The van der Waals surface area contributed by atoms with Crippen LogP contribution >= 0.6 is 11.3 Å². The molecule has 0 radical (unpaired) electrons. The van der Waals surface area contributed by atoms with Crippen molar-refractivity contribution in [1.82, 2.24) is 25.1 Å². The minimum atomic E-state index is 0.550. The minimum Gasteiger partial charge on any atom is -0.208 e. The van der Waals surface area contributed by atoms with Crippen molar-refractivity contribution in [3.63, 3.8) is 0 Å². The Hall–Kier alpha value is -8.18. The van der Waals surface area contributed by atoms with Gasteiger partial charge in [0.15, 0.2) is 17.5 Å². The van der Waals surface area contributed by atoms with Gasteiger partial charge in [0.25, 0.3) is 0 Å². The van der Waals surface area contributed by atoms with Crippen LogP contribution in [0.2, 0.25) is 0 Å². The maximum atomic E-state index is 9.67. The smallest absolute Gasteiger partial charge is 0.164 e. The van der Waals surface area contributed by atoms with E-state index in [2.05, 4.69) is 125 Å². The molecule has 10 rings (SSSR count). The third-order valence-corrected chi connectivity index (χ3v) is 11.6. The number of benzene rings is 8. The maximum absolute atomic E-state index is 9.67. The molecule has 0 aliphatic heterocycles. The van der Waals surface area contributed by atoms with Crippen molar-refractivity contribution >= 4 is 11.3 Å². The lowest BCUT2D eigenvalue weighted by Gasteiger charge is -2.16. The number of hydrogen-bond donors (Lipinski definition) is 0. The first kappa shape index (κ1) is 37.1. The third-order valence-electron chi connectivity index (χ3n) is 10.6. The van der Waals surface area contributed by atoms with Crippen LogP contribution in [0.1, 0.15) is 5.56 Å². The first-order chi connectivity index (χ1) is 30.2. The highest BCUT2D eigenvalue weighted by Crippen LogP contribution is 2.41. The van der Waals surface area contributed by atoms with Gasteiger partial charge in [-0.05, 0) is 68.8 Å². The summed E-state index contributed by atoms with van der Waals surface area (Å²) in [5.74, 6) is 1.69. The summed E-state index contributed by atoms with van der Waals surface area (Å²) in [6, 6.07) is 72.2. The molecule has 6 nitrogen and oxygen atoms in total. The van der Waals surface area contributed by atoms with Crippen molar-refractivity contribution in [1.29, 1.82) is 5.26 Å². The lowest BCUT2D eigenvalue weighted by Crippen LogP contribution is -2.01. The molecule has 2 heterocycles. The van der Waals surface area contributed by atoms with Gasteiger partial charge in [-0.15, -0.1) is 10.2 Å². The fraction of sp³-hybridized carbons (Fsp3) is 0. The second-order valence-electron chi connectivity index (χ2n) is 14.4. The van der Waals surface area contributed by atoms with Gasteiger partial charge >= 0.3 is 0 Å². The number of nitrogens with zero attached hydrogens (tertiary/aromatic N) is 6. The largest absolute Gasteiger partial charge is 0.208 e. The average Bonchev–Trinajstić information content (AvgIpc) is 3.85. The highest BCUT2D eigenvalue weighted by Gasteiger charge is 2.18. The fourth-order valence-electron chi connectivity index (χ4n) is 7.65. The summed E-state index contributed by atoms with van der Waals surface area (Å²) in [6.07, 6.45) is 0. The zero-order chi connectivity index (χ0) is 41.0. The van der Waals surface area contributed by atoms with Gasteiger partial charge in [-0.25, -0.2) is 15.0 Å². The molecule has 0 unspecified atom stereocenters. The molecule has 286 valence electrons. The maximum Gasteiger partial charge on any atom is 0.164 e. The summed E-state index contributed by atoms with van der Waals surface area (Å²) < 4.78 is 0. The van der Waals surface area contributed by atoms with Crippen LogP contribution in [0.4, 0.5) is 0 Å². The van der Waals surface area contributed by atoms with Crippen molar-refractivity contribution in [2.75, 3.05) is 0 Å². The van der Waals surface area contributed by atoms with E-state index in [1.54, 1.807) is 11.3 Å². The van der Waals surface area contributed by atoms with Gasteiger partial charge < -0.3 is 0 Å². The van der Waals surface area contributed by atoms with Crippen molar-refractivity contribution < 1.29 is 0 Å². The van der Waals surface area contributed by atoms with Crippen LogP contribution in [0.3, 0.4) is 0 Å². The van der Waals surface area contributed by atoms with Crippen LogP contribution in [0.15, 0.2) is 206 Å². The molecule has 0 atom stereocenters. The Morgan fingerprint density at radius 3 is 1.31 bits per heavy atom. The molecule has 0 saturated heterocycles. The molecular weight excluding hydrogens is 765 g/mol. The minimum absolute atomic E-state index is 0.550. The number of hydrogen-bond acceptors (Lipinski definition) is 7. The Bertz CT molecular complexity index is 3220. The summed E-state index contributed by atoms with van der Waals surface area (Å²) in [6.45, 7) is 0. The van der Waals surface area contributed by atoms with Gasteiger partial charge in [0.2, 0.25) is 0 Å². The van der Waals surface area contributed by atoms with Gasteiger partial charge in [-0.2, -0.15) is 5.26 Å². The van der Waals surface area contributed by atoms with E-state index < -0.39 is 0 Å². The first-order valence-corrected chi connectivity index (χ1v) is 20.7. The number of aromatic nitrogens is 5. The van der Waals surface area contributed by atoms with E-state index in [9.17, 15) is 5.26 Å². The van der Waals surface area contributed by atoms with Crippen LogP contribution in [-0.2, 0) is 0 Å². The van der Waals surface area contributed by atoms with Gasteiger partial charge in [-0.1, -0.05) is 193 Å². The molecule has 0 fully saturated rings. The van der Waals surface area contributed by atoms with Crippen LogP contribution in [-0.4, -0.2) is 25.1 Å². The summed E-state index contributed by atoms with van der Waals surface area (Å²) >= 11 is 1.60. The molecule has 0 aliphatic rings. The Balaban J connectivity index is 1.05. The second kappa shape index (κ2) is 16.6. The van der Waals surface area contributed by atoms with Gasteiger partial charge in [0.05, 0.1) is 11.6 Å². The lowest BCUT2D eigenvalue weighted by atomic mass is 9.88. The van der Waals surface area contributed by atoms with E-state index in [-0.39, 0.29) is 0 Å². The molecule has 0 bridgehead atoms. The fourth-order valence-corrected chi connectivity index (χ4v) is 8.50. The Morgan fingerprint density at radius 1 is 0.311 bits per heavy atom. The standard InChI is InChI=1S/C54H34N6S/c55-35-36-16-13-21-39(32-36)46-28-9-12-31-49(46)52-57-50(37-17-3-1-4-18-37)56-51(58-52)42-24-14-22-40(33-42)44-26-7-10-29-47(44)48-30-11-8-27-45(48)41-23-15-25-43(34-41)54-60-59-53(61-54)38-19-5-2-6-20-38/h1-34H. The molecule has 0 amide bonds. The van der Waals surface area contributed by atoms with Crippen molar-refractivity contribution in [3.05, 3.63) is 212 Å². The molecule has 7 heteroatoms. The monoisotopic (exact) mass is 798 g/mol. The molecule has 0 spiro atoms. The molecule has 0 N–H and O–H groups in total. The normalized spacial score (nSPS) is 10.9. The van der Waals surface area contributed by atoms with Crippen LogP contribution in [0.5, 0.6) is 0 Å². The Morgan fingerprint density at radius 2 is 0.705 bits per heavy atom. The van der Waals surface area contributed by atoms with Gasteiger partial charge in [0.1, 0.15) is 10.0 Å². The Kier molecular flexibility index (Phi) is 10.1. The molecule has 61 heavy (non-hydrogen) atoms. The van der Waals surface area contributed by atoms with E-state index in [1.165, 1.54) is 0 Å². The van der Waals surface area contributed by atoms with E-state index in [1.807, 2.05) is 97.1 Å². The summed E-state index contributed by atoms with van der Waals surface area (Å²) in [5, 5.41) is 20.5. The quantitative estimate of drug-likeness (QED) is 0.144. The van der Waals surface area contributed by atoms with E-state index in [0.717, 1.165) is 82.3 Å².